The molecule has 2 aromatic carbocycles. The lowest BCUT2D eigenvalue weighted by atomic mass is 10.1. The van der Waals surface area contributed by atoms with E-state index in [1.165, 1.54) is 16.8 Å². The van der Waals surface area contributed by atoms with Crippen molar-refractivity contribution >= 4 is 16.7 Å². The van der Waals surface area contributed by atoms with Crippen molar-refractivity contribution in [3.05, 3.63) is 76.2 Å². The molecule has 0 aliphatic carbocycles. The molecule has 9 heteroatoms. The predicted molar refractivity (Wildman–Crippen MR) is 116 cm³/mol. The van der Waals surface area contributed by atoms with Crippen LogP contribution in [0.15, 0.2) is 57.9 Å². The van der Waals surface area contributed by atoms with Crippen LogP contribution in [0.2, 0.25) is 0 Å². The first-order chi connectivity index (χ1) is 15.6. The Hall–Kier alpha value is -3.72. The number of aryl methyl sites for hydroxylation is 1. The zero-order valence-electron chi connectivity index (χ0n) is 17.5. The molecule has 1 aliphatic rings. The van der Waals surface area contributed by atoms with E-state index < -0.39 is 5.63 Å². The molecule has 0 unspecified atom stereocenters. The fourth-order valence-electron chi connectivity index (χ4n) is 3.74. The summed E-state index contributed by atoms with van der Waals surface area (Å²) in [6.45, 7) is 4.54. The van der Waals surface area contributed by atoms with E-state index in [1.807, 2.05) is 17.9 Å². The highest BCUT2D eigenvalue weighted by Crippen LogP contribution is 2.24. The van der Waals surface area contributed by atoms with Gasteiger partial charge in [0.2, 0.25) is 0 Å². The van der Waals surface area contributed by atoms with Crippen molar-refractivity contribution < 1.29 is 18.3 Å². The van der Waals surface area contributed by atoms with Crippen LogP contribution in [-0.4, -0.2) is 41.3 Å². The summed E-state index contributed by atoms with van der Waals surface area (Å²) in [6.07, 6.45) is 1.69. The van der Waals surface area contributed by atoms with E-state index in [0.29, 0.717) is 54.7 Å². The number of nitrogens with zero attached hydrogens (tertiary/aromatic N) is 4. The zero-order valence-corrected chi connectivity index (χ0v) is 17.5. The number of halogens is 1. The fraction of sp³-hybridized carbons (Fsp3) is 0.261. The van der Waals surface area contributed by atoms with E-state index in [4.69, 9.17) is 13.9 Å². The number of ether oxygens (including phenoxy) is 2. The van der Waals surface area contributed by atoms with Crippen molar-refractivity contribution in [3.8, 4) is 11.4 Å². The standard InChI is InChI=1S/C23H21FN4O4/c1-15-10-23(29)32-22-12-18(3-4-19(15)22)31-14-16-13-28(26-25-16)17-2-5-21(20(24)11-17)27-6-8-30-9-7-27/h2-5,10-13H,6-9,14H2,1H3. The quantitative estimate of drug-likeness (QED) is 0.444. The Morgan fingerprint density at radius 1 is 1.12 bits per heavy atom. The lowest BCUT2D eigenvalue weighted by molar-refractivity contribution is 0.122. The molecule has 8 nitrogen and oxygen atoms in total. The Labute approximate surface area is 182 Å². The van der Waals surface area contributed by atoms with E-state index in [0.717, 1.165) is 10.9 Å². The maximum atomic E-state index is 14.7. The maximum Gasteiger partial charge on any atom is 0.336 e. The van der Waals surface area contributed by atoms with Gasteiger partial charge in [-0.3, -0.25) is 0 Å². The van der Waals surface area contributed by atoms with Gasteiger partial charge in [-0.2, -0.15) is 0 Å². The second-order valence-electron chi connectivity index (χ2n) is 7.58. The van der Waals surface area contributed by atoms with Crippen LogP contribution in [0.1, 0.15) is 11.3 Å². The Bertz CT molecular complexity index is 1330. The Kier molecular flexibility index (Phi) is 5.32. The molecule has 0 radical (unpaired) electrons. The minimum atomic E-state index is -0.401. The Morgan fingerprint density at radius 3 is 2.78 bits per heavy atom. The third kappa shape index (κ3) is 4.06. The van der Waals surface area contributed by atoms with Crippen LogP contribution in [0.3, 0.4) is 0 Å². The number of aromatic nitrogens is 3. The summed E-state index contributed by atoms with van der Waals surface area (Å²) in [6, 6.07) is 11.8. The zero-order chi connectivity index (χ0) is 22.1. The van der Waals surface area contributed by atoms with Gasteiger partial charge in [-0.25, -0.2) is 13.9 Å². The third-order valence-corrected chi connectivity index (χ3v) is 5.40. The first kappa shape index (κ1) is 20.2. The van der Waals surface area contributed by atoms with E-state index >= 15 is 0 Å². The highest BCUT2D eigenvalue weighted by molar-refractivity contribution is 5.81. The molecule has 0 bridgehead atoms. The average molecular weight is 436 g/mol. The van der Waals surface area contributed by atoms with Gasteiger partial charge in [-0.1, -0.05) is 5.21 Å². The topological polar surface area (TPSA) is 82.6 Å². The smallest absolute Gasteiger partial charge is 0.336 e. The average Bonchev–Trinajstić information content (AvgIpc) is 3.27. The summed E-state index contributed by atoms with van der Waals surface area (Å²) < 4.78 is 32.5. The van der Waals surface area contributed by atoms with Gasteiger partial charge in [0, 0.05) is 36.7 Å². The van der Waals surface area contributed by atoms with Crippen LogP contribution >= 0.6 is 0 Å². The second-order valence-corrected chi connectivity index (χ2v) is 7.58. The van der Waals surface area contributed by atoms with Crippen LogP contribution in [0.4, 0.5) is 10.1 Å². The molecule has 3 heterocycles. The fourth-order valence-corrected chi connectivity index (χ4v) is 3.74. The van der Waals surface area contributed by atoms with E-state index in [1.54, 1.807) is 30.5 Å². The van der Waals surface area contributed by atoms with Crippen LogP contribution < -0.4 is 15.3 Å². The maximum absolute atomic E-state index is 14.7. The number of benzene rings is 2. The van der Waals surface area contributed by atoms with Gasteiger partial charge in [-0.05, 0) is 36.8 Å². The molecule has 0 spiro atoms. The van der Waals surface area contributed by atoms with Gasteiger partial charge in [0.15, 0.2) is 0 Å². The lowest BCUT2D eigenvalue weighted by Crippen LogP contribution is -2.36. The molecule has 0 atom stereocenters. The molecule has 1 fully saturated rings. The van der Waals surface area contributed by atoms with Crippen LogP contribution in [-0.2, 0) is 11.3 Å². The molecule has 1 aliphatic heterocycles. The summed E-state index contributed by atoms with van der Waals surface area (Å²) in [5.41, 5.74) is 2.61. The van der Waals surface area contributed by atoms with Gasteiger partial charge >= 0.3 is 5.63 Å². The van der Waals surface area contributed by atoms with Crippen LogP contribution in [0.25, 0.3) is 16.7 Å². The summed E-state index contributed by atoms with van der Waals surface area (Å²) in [5, 5.41) is 9.04. The number of hydrogen-bond acceptors (Lipinski definition) is 7. The molecular weight excluding hydrogens is 415 g/mol. The Morgan fingerprint density at radius 2 is 1.97 bits per heavy atom. The van der Waals surface area contributed by atoms with Gasteiger partial charge < -0.3 is 18.8 Å². The van der Waals surface area contributed by atoms with Crippen molar-refractivity contribution in [3.63, 3.8) is 0 Å². The van der Waals surface area contributed by atoms with Crippen molar-refractivity contribution in [2.24, 2.45) is 0 Å². The number of anilines is 1. The normalized spacial score (nSPS) is 14.1. The number of morpholine rings is 1. The molecule has 32 heavy (non-hydrogen) atoms. The van der Waals surface area contributed by atoms with Crippen molar-refractivity contribution in [1.29, 1.82) is 0 Å². The summed E-state index contributed by atoms with van der Waals surface area (Å²) in [5.74, 6) is 0.229. The van der Waals surface area contributed by atoms with E-state index in [2.05, 4.69) is 10.3 Å². The first-order valence-electron chi connectivity index (χ1n) is 10.3. The largest absolute Gasteiger partial charge is 0.487 e. The van der Waals surface area contributed by atoms with Crippen LogP contribution in [0, 0.1) is 12.7 Å². The Balaban J connectivity index is 1.29. The highest BCUT2D eigenvalue weighted by atomic mass is 19.1. The molecule has 1 saturated heterocycles. The minimum Gasteiger partial charge on any atom is -0.487 e. The van der Waals surface area contributed by atoms with E-state index in [9.17, 15) is 9.18 Å². The summed E-state index contributed by atoms with van der Waals surface area (Å²) in [7, 11) is 0. The van der Waals surface area contributed by atoms with Crippen molar-refractivity contribution in [1.82, 2.24) is 15.0 Å². The van der Waals surface area contributed by atoms with Gasteiger partial charge in [0.05, 0.1) is 30.8 Å². The van der Waals surface area contributed by atoms with Gasteiger partial charge in [0.25, 0.3) is 0 Å². The van der Waals surface area contributed by atoms with Gasteiger partial charge in [-0.15, -0.1) is 5.10 Å². The summed E-state index contributed by atoms with van der Waals surface area (Å²) in [4.78, 5) is 13.6. The number of rotatable bonds is 5. The monoisotopic (exact) mass is 436 g/mol. The second kappa shape index (κ2) is 8.43. The molecule has 0 N–H and O–H groups in total. The van der Waals surface area contributed by atoms with Crippen LogP contribution in [0.5, 0.6) is 5.75 Å². The van der Waals surface area contributed by atoms with Crippen molar-refractivity contribution in [2.45, 2.75) is 13.5 Å². The van der Waals surface area contributed by atoms with Gasteiger partial charge in [0.1, 0.15) is 29.5 Å². The van der Waals surface area contributed by atoms with Crippen molar-refractivity contribution in [2.75, 3.05) is 31.2 Å². The lowest BCUT2D eigenvalue weighted by Gasteiger charge is -2.29. The third-order valence-electron chi connectivity index (χ3n) is 5.40. The summed E-state index contributed by atoms with van der Waals surface area (Å²) >= 11 is 0. The molecule has 5 rings (SSSR count). The number of fused-ring (bicyclic) bond motifs is 1. The molecule has 4 aromatic rings. The number of hydrogen-bond donors (Lipinski definition) is 0. The predicted octanol–water partition coefficient (Wildman–Crippen LogP) is 3.24. The molecule has 0 amide bonds. The molecule has 164 valence electrons. The molecular formula is C23H21FN4O4. The van der Waals surface area contributed by atoms with E-state index in [-0.39, 0.29) is 12.4 Å². The minimum absolute atomic E-state index is 0.163. The SMILES string of the molecule is Cc1cc(=O)oc2cc(OCc3cn(-c4ccc(N5CCOCC5)c(F)c4)nn3)ccc12. The highest BCUT2D eigenvalue weighted by Gasteiger charge is 2.16. The first-order valence-corrected chi connectivity index (χ1v) is 10.3. The molecule has 0 saturated carbocycles. The molecule has 2 aromatic heterocycles.